The molecule has 0 radical (unpaired) electrons. The topological polar surface area (TPSA) is 52.1 Å². The molecule has 0 bridgehead atoms. The van der Waals surface area contributed by atoms with Crippen molar-refractivity contribution in [2.45, 2.75) is 31.6 Å². The minimum absolute atomic E-state index is 0.119. The zero-order valence-electron chi connectivity index (χ0n) is 8.35. The Labute approximate surface area is 87.7 Å². The molecular formula is C11H12N2O2. The first-order valence-corrected chi connectivity index (χ1v) is 5.36. The second-order valence-corrected chi connectivity index (χ2v) is 4.25. The minimum Gasteiger partial charge on any atom is -0.423 e. The molecule has 1 heterocycles. The minimum atomic E-state index is -0.141. The lowest BCUT2D eigenvalue weighted by atomic mass is 10.4. The van der Waals surface area contributed by atoms with E-state index in [1.807, 2.05) is 0 Å². The van der Waals surface area contributed by atoms with Crippen molar-refractivity contribution in [2.24, 2.45) is 5.92 Å². The molecule has 0 spiro atoms. The second kappa shape index (κ2) is 3.29. The molecule has 78 valence electrons. The van der Waals surface area contributed by atoms with Gasteiger partial charge in [0.2, 0.25) is 0 Å². The average molecular weight is 204 g/mol. The maximum absolute atomic E-state index is 11.3. The molecule has 2 fully saturated rings. The first-order chi connectivity index (χ1) is 7.33. The van der Waals surface area contributed by atoms with E-state index in [0.29, 0.717) is 11.7 Å². The highest BCUT2D eigenvalue weighted by molar-refractivity contribution is 5.77. The molecule has 0 aromatic carbocycles. The maximum atomic E-state index is 11.3. The van der Waals surface area contributed by atoms with Crippen molar-refractivity contribution in [1.29, 1.82) is 0 Å². The van der Waals surface area contributed by atoms with Gasteiger partial charge < -0.3 is 4.74 Å². The average Bonchev–Trinajstić information content (AvgIpc) is 3.11. The smallest absolute Gasteiger partial charge is 0.314 e. The normalized spacial score (nSPS) is 20.0. The number of rotatable bonds is 3. The van der Waals surface area contributed by atoms with Crippen LogP contribution in [0, 0.1) is 5.92 Å². The number of nitrogens with zero attached hydrogens (tertiary/aromatic N) is 2. The molecule has 15 heavy (non-hydrogen) atoms. The molecule has 4 heteroatoms. The fraction of sp³-hybridized carbons (Fsp3) is 0.545. The summed E-state index contributed by atoms with van der Waals surface area (Å²) in [7, 11) is 0. The third kappa shape index (κ3) is 1.98. The summed E-state index contributed by atoms with van der Waals surface area (Å²) in [5.41, 5.74) is 0. The van der Waals surface area contributed by atoms with E-state index in [2.05, 4.69) is 9.97 Å². The van der Waals surface area contributed by atoms with Gasteiger partial charge in [0.1, 0.15) is 5.82 Å². The zero-order chi connectivity index (χ0) is 10.3. The number of aromatic nitrogens is 2. The second-order valence-electron chi connectivity index (χ2n) is 4.25. The van der Waals surface area contributed by atoms with E-state index in [1.165, 1.54) is 12.8 Å². The van der Waals surface area contributed by atoms with E-state index in [4.69, 9.17) is 4.74 Å². The summed E-state index contributed by atoms with van der Waals surface area (Å²) in [6.07, 6.45) is 7.48. The van der Waals surface area contributed by atoms with Crippen LogP contribution in [0.1, 0.15) is 37.4 Å². The van der Waals surface area contributed by atoms with Crippen molar-refractivity contribution >= 4 is 5.97 Å². The van der Waals surface area contributed by atoms with E-state index >= 15 is 0 Å². The first kappa shape index (κ1) is 8.83. The molecule has 2 aliphatic carbocycles. The molecule has 0 saturated heterocycles. The van der Waals surface area contributed by atoms with Gasteiger partial charge in [0, 0.05) is 5.92 Å². The summed E-state index contributed by atoms with van der Waals surface area (Å²) < 4.78 is 5.13. The van der Waals surface area contributed by atoms with Gasteiger partial charge in [-0.3, -0.25) is 4.79 Å². The number of esters is 1. The largest absolute Gasteiger partial charge is 0.423 e. The highest BCUT2D eigenvalue weighted by atomic mass is 16.5. The molecule has 4 nitrogen and oxygen atoms in total. The van der Waals surface area contributed by atoms with Crippen molar-refractivity contribution < 1.29 is 9.53 Å². The number of carbonyl (C=O) groups is 1. The van der Waals surface area contributed by atoms with Gasteiger partial charge >= 0.3 is 5.97 Å². The molecule has 2 aliphatic rings. The van der Waals surface area contributed by atoms with E-state index < -0.39 is 0 Å². The Morgan fingerprint density at radius 1 is 1.20 bits per heavy atom. The standard InChI is InChI=1S/C11H12N2O2/c14-11(8-3-4-8)15-9-5-12-10(13-6-9)7-1-2-7/h5-8H,1-4H2. The van der Waals surface area contributed by atoms with Crippen molar-refractivity contribution in [3.05, 3.63) is 18.2 Å². The molecule has 2 saturated carbocycles. The predicted octanol–water partition coefficient (Wildman–Crippen LogP) is 1.67. The maximum Gasteiger partial charge on any atom is 0.314 e. The van der Waals surface area contributed by atoms with Crippen LogP contribution < -0.4 is 4.74 Å². The van der Waals surface area contributed by atoms with Gasteiger partial charge in [0.15, 0.2) is 5.75 Å². The number of carbonyl (C=O) groups excluding carboxylic acids is 1. The number of hydrogen-bond acceptors (Lipinski definition) is 4. The lowest BCUT2D eigenvalue weighted by Gasteiger charge is -2.02. The lowest BCUT2D eigenvalue weighted by molar-refractivity contribution is -0.135. The summed E-state index contributed by atoms with van der Waals surface area (Å²) in [5, 5.41) is 0. The Morgan fingerprint density at radius 3 is 2.40 bits per heavy atom. The van der Waals surface area contributed by atoms with E-state index in [0.717, 1.165) is 18.7 Å². The molecule has 0 aliphatic heterocycles. The van der Waals surface area contributed by atoms with E-state index in [-0.39, 0.29) is 11.9 Å². The van der Waals surface area contributed by atoms with Crippen LogP contribution in [0.25, 0.3) is 0 Å². The van der Waals surface area contributed by atoms with Crippen molar-refractivity contribution in [1.82, 2.24) is 9.97 Å². The molecule has 0 unspecified atom stereocenters. The predicted molar refractivity (Wildman–Crippen MR) is 52.4 cm³/mol. The lowest BCUT2D eigenvalue weighted by Crippen LogP contribution is -2.10. The van der Waals surface area contributed by atoms with Crippen LogP contribution in [0.3, 0.4) is 0 Å². The molecule has 1 aromatic heterocycles. The Kier molecular flexibility index (Phi) is 1.94. The molecule has 0 N–H and O–H groups in total. The summed E-state index contributed by atoms with van der Waals surface area (Å²) >= 11 is 0. The quantitative estimate of drug-likeness (QED) is 0.703. The van der Waals surface area contributed by atoms with Crippen LogP contribution in [0.15, 0.2) is 12.4 Å². The fourth-order valence-corrected chi connectivity index (χ4v) is 1.45. The van der Waals surface area contributed by atoms with Crippen molar-refractivity contribution in [3.63, 3.8) is 0 Å². The third-order valence-corrected chi connectivity index (χ3v) is 2.72. The van der Waals surface area contributed by atoms with E-state index in [1.54, 1.807) is 12.4 Å². The molecule has 0 atom stereocenters. The van der Waals surface area contributed by atoms with Gasteiger partial charge in [-0.05, 0) is 25.7 Å². The number of hydrogen-bond donors (Lipinski definition) is 0. The van der Waals surface area contributed by atoms with Gasteiger partial charge in [-0.25, -0.2) is 9.97 Å². The summed E-state index contributed by atoms with van der Waals surface area (Å²) in [4.78, 5) is 19.7. The highest BCUT2D eigenvalue weighted by Gasteiger charge is 2.32. The Hall–Kier alpha value is -1.45. The zero-order valence-corrected chi connectivity index (χ0v) is 8.35. The van der Waals surface area contributed by atoms with Crippen LogP contribution in [-0.4, -0.2) is 15.9 Å². The van der Waals surface area contributed by atoms with Crippen LogP contribution in [0.2, 0.25) is 0 Å². The van der Waals surface area contributed by atoms with E-state index in [9.17, 15) is 4.79 Å². The van der Waals surface area contributed by atoms with Crippen molar-refractivity contribution in [3.8, 4) is 5.75 Å². The van der Waals surface area contributed by atoms with Gasteiger partial charge in [0.25, 0.3) is 0 Å². The monoisotopic (exact) mass is 204 g/mol. The first-order valence-electron chi connectivity index (χ1n) is 5.36. The molecule has 3 rings (SSSR count). The van der Waals surface area contributed by atoms with Gasteiger partial charge in [-0.2, -0.15) is 0 Å². The van der Waals surface area contributed by atoms with Gasteiger partial charge in [0.05, 0.1) is 18.3 Å². The summed E-state index contributed by atoms with van der Waals surface area (Å²) in [5.74, 6) is 1.86. The molecule has 0 amide bonds. The van der Waals surface area contributed by atoms with Gasteiger partial charge in [-0.1, -0.05) is 0 Å². The highest BCUT2D eigenvalue weighted by Crippen LogP contribution is 2.38. The SMILES string of the molecule is O=C(Oc1cnc(C2CC2)nc1)C1CC1. The summed E-state index contributed by atoms with van der Waals surface area (Å²) in [6, 6.07) is 0. The Bertz CT molecular complexity index is 380. The fourth-order valence-electron chi connectivity index (χ4n) is 1.45. The third-order valence-electron chi connectivity index (χ3n) is 2.72. The summed E-state index contributed by atoms with van der Waals surface area (Å²) in [6.45, 7) is 0. The Balaban J connectivity index is 1.66. The van der Waals surface area contributed by atoms with Gasteiger partial charge in [-0.15, -0.1) is 0 Å². The van der Waals surface area contributed by atoms with Crippen LogP contribution in [-0.2, 0) is 4.79 Å². The van der Waals surface area contributed by atoms with Crippen LogP contribution in [0.4, 0.5) is 0 Å². The van der Waals surface area contributed by atoms with Crippen LogP contribution >= 0.6 is 0 Å². The molecular weight excluding hydrogens is 192 g/mol. The van der Waals surface area contributed by atoms with Crippen molar-refractivity contribution in [2.75, 3.05) is 0 Å². The van der Waals surface area contributed by atoms with Crippen LogP contribution in [0.5, 0.6) is 5.75 Å². The Morgan fingerprint density at radius 2 is 1.87 bits per heavy atom. The molecule has 1 aromatic rings. The number of ether oxygens (including phenoxy) is 1.